The molecule has 1 unspecified atom stereocenters. The van der Waals surface area contributed by atoms with Gasteiger partial charge in [0.15, 0.2) is 5.96 Å². The van der Waals surface area contributed by atoms with Crippen molar-refractivity contribution in [3.8, 4) is 0 Å². The first-order valence-electron chi connectivity index (χ1n) is 10.8. The van der Waals surface area contributed by atoms with Gasteiger partial charge in [-0.1, -0.05) is 24.3 Å². The molecule has 30 heavy (non-hydrogen) atoms. The standard InChI is InChI=1S/C22H34F2N4O.HI/c1-25-22(27-18-10-13-28(14-11-18)16-21(23)24)26-12-5-15-29-20-9-4-7-17-6-2-3-8-19(17)20;/h2-3,6,8,18,20-21H,4-5,7,9-16H2,1H3,(H2,25,26,27);1H. The first-order chi connectivity index (χ1) is 14.2. The number of aliphatic imine (C=N–C) groups is 1. The fourth-order valence-corrected chi connectivity index (χ4v) is 4.23. The predicted octanol–water partition coefficient (Wildman–Crippen LogP) is 3.98. The van der Waals surface area contributed by atoms with E-state index in [4.69, 9.17) is 4.74 Å². The molecular formula is C22H35F2IN4O. The average Bonchev–Trinajstić information content (AvgIpc) is 2.73. The Labute approximate surface area is 196 Å². The SMILES string of the molecule is CN=C(NCCCOC1CCCc2ccccc21)NC1CCN(CC(F)F)CC1.I. The van der Waals surface area contributed by atoms with Crippen LogP contribution in [0, 0.1) is 0 Å². The van der Waals surface area contributed by atoms with Crippen LogP contribution in [-0.4, -0.2) is 63.2 Å². The normalized spacial score (nSPS) is 20.5. The van der Waals surface area contributed by atoms with Crippen molar-refractivity contribution in [1.82, 2.24) is 15.5 Å². The van der Waals surface area contributed by atoms with Gasteiger partial charge in [-0.05, 0) is 49.7 Å². The molecule has 1 aliphatic heterocycles. The molecule has 1 fully saturated rings. The molecule has 0 spiro atoms. The molecule has 0 saturated carbocycles. The number of ether oxygens (including phenoxy) is 1. The third-order valence-electron chi connectivity index (χ3n) is 5.80. The number of benzene rings is 1. The van der Waals surface area contributed by atoms with E-state index in [0.717, 1.165) is 51.2 Å². The molecule has 1 saturated heterocycles. The van der Waals surface area contributed by atoms with Crippen LogP contribution in [0.4, 0.5) is 8.78 Å². The second-order valence-electron chi connectivity index (χ2n) is 7.91. The minimum Gasteiger partial charge on any atom is -0.373 e. The number of fused-ring (bicyclic) bond motifs is 1. The first-order valence-corrected chi connectivity index (χ1v) is 10.8. The molecule has 0 amide bonds. The summed E-state index contributed by atoms with van der Waals surface area (Å²) in [7, 11) is 1.76. The van der Waals surface area contributed by atoms with Crippen LogP contribution in [0.1, 0.15) is 49.3 Å². The third kappa shape index (κ3) is 7.92. The molecule has 0 radical (unpaired) electrons. The highest BCUT2D eigenvalue weighted by atomic mass is 127. The zero-order valence-electron chi connectivity index (χ0n) is 17.8. The fourth-order valence-electron chi connectivity index (χ4n) is 4.23. The summed E-state index contributed by atoms with van der Waals surface area (Å²) in [5.74, 6) is 0.778. The van der Waals surface area contributed by atoms with Crippen molar-refractivity contribution in [2.75, 3.05) is 39.8 Å². The van der Waals surface area contributed by atoms with Gasteiger partial charge in [-0.15, -0.1) is 24.0 Å². The van der Waals surface area contributed by atoms with Gasteiger partial charge in [-0.25, -0.2) is 8.78 Å². The summed E-state index contributed by atoms with van der Waals surface area (Å²) in [5, 5.41) is 6.76. The number of aryl methyl sites for hydroxylation is 1. The van der Waals surface area contributed by atoms with Gasteiger partial charge < -0.3 is 15.4 Å². The van der Waals surface area contributed by atoms with Crippen LogP contribution >= 0.6 is 24.0 Å². The minimum atomic E-state index is -2.25. The Bertz CT molecular complexity index is 654. The molecular weight excluding hydrogens is 501 g/mol. The Balaban J connectivity index is 0.00000320. The maximum Gasteiger partial charge on any atom is 0.251 e. The smallest absolute Gasteiger partial charge is 0.251 e. The molecule has 1 aromatic carbocycles. The van der Waals surface area contributed by atoms with E-state index in [1.54, 1.807) is 7.05 Å². The number of hydrogen-bond donors (Lipinski definition) is 2. The van der Waals surface area contributed by atoms with E-state index < -0.39 is 6.43 Å². The van der Waals surface area contributed by atoms with E-state index in [2.05, 4.69) is 39.9 Å². The lowest BCUT2D eigenvalue weighted by Gasteiger charge is -2.32. The molecule has 170 valence electrons. The number of piperidine rings is 1. The van der Waals surface area contributed by atoms with Gasteiger partial charge >= 0.3 is 0 Å². The van der Waals surface area contributed by atoms with E-state index in [1.807, 2.05) is 4.90 Å². The Morgan fingerprint density at radius 3 is 2.73 bits per heavy atom. The summed E-state index contributed by atoms with van der Waals surface area (Å²) in [4.78, 5) is 6.12. The summed E-state index contributed by atoms with van der Waals surface area (Å²) >= 11 is 0. The molecule has 5 nitrogen and oxygen atoms in total. The quantitative estimate of drug-likeness (QED) is 0.229. The van der Waals surface area contributed by atoms with Crippen LogP contribution in [0.15, 0.2) is 29.3 Å². The van der Waals surface area contributed by atoms with Crippen molar-refractivity contribution in [2.24, 2.45) is 4.99 Å². The number of alkyl halides is 2. The summed E-state index contributed by atoms with van der Waals surface area (Å²) in [6, 6.07) is 8.88. The van der Waals surface area contributed by atoms with Gasteiger partial charge in [0.05, 0.1) is 12.6 Å². The lowest BCUT2D eigenvalue weighted by atomic mass is 9.89. The van der Waals surface area contributed by atoms with Crippen LogP contribution in [0.2, 0.25) is 0 Å². The second kappa shape index (κ2) is 13.4. The summed E-state index contributed by atoms with van der Waals surface area (Å²) in [6.07, 6.45) is 4.03. The van der Waals surface area contributed by atoms with Gasteiger partial charge in [0.1, 0.15) is 0 Å². The van der Waals surface area contributed by atoms with Crippen LogP contribution in [-0.2, 0) is 11.2 Å². The summed E-state index contributed by atoms with van der Waals surface area (Å²) in [5.41, 5.74) is 2.77. The van der Waals surface area contributed by atoms with E-state index in [9.17, 15) is 8.78 Å². The molecule has 1 heterocycles. The third-order valence-corrected chi connectivity index (χ3v) is 5.80. The van der Waals surface area contributed by atoms with E-state index >= 15 is 0 Å². The lowest BCUT2D eigenvalue weighted by molar-refractivity contribution is 0.0398. The minimum absolute atomic E-state index is 0. The van der Waals surface area contributed by atoms with Gasteiger partial charge in [0.2, 0.25) is 0 Å². The van der Waals surface area contributed by atoms with Crippen LogP contribution in [0.3, 0.4) is 0 Å². The zero-order valence-corrected chi connectivity index (χ0v) is 20.1. The molecule has 0 bridgehead atoms. The Kier molecular flexibility index (Phi) is 11.3. The van der Waals surface area contributed by atoms with Crippen LogP contribution in [0.5, 0.6) is 0 Å². The van der Waals surface area contributed by atoms with E-state index in [0.29, 0.717) is 13.1 Å². The van der Waals surface area contributed by atoms with Gasteiger partial charge in [0.25, 0.3) is 6.43 Å². The number of likely N-dealkylation sites (tertiary alicyclic amines) is 1. The van der Waals surface area contributed by atoms with E-state index in [1.165, 1.54) is 17.5 Å². The van der Waals surface area contributed by atoms with Crippen molar-refractivity contribution in [2.45, 2.75) is 57.1 Å². The van der Waals surface area contributed by atoms with Crippen molar-refractivity contribution in [3.63, 3.8) is 0 Å². The van der Waals surface area contributed by atoms with Crippen molar-refractivity contribution in [1.29, 1.82) is 0 Å². The average molecular weight is 536 g/mol. The monoisotopic (exact) mass is 536 g/mol. The van der Waals surface area contributed by atoms with E-state index in [-0.39, 0.29) is 42.7 Å². The highest BCUT2D eigenvalue weighted by Crippen LogP contribution is 2.32. The molecule has 1 aliphatic carbocycles. The second-order valence-corrected chi connectivity index (χ2v) is 7.91. The number of nitrogens with one attached hydrogen (secondary N) is 2. The van der Waals surface area contributed by atoms with Gasteiger partial charge in [-0.2, -0.15) is 0 Å². The van der Waals surface area contributed by atoms with Crippen molar-refractivity contribution >= 4 is 29.9 Å². The molecule has 2 N–H and O–H groups in total. The molecule has 3 rings (SSSR count). The Hall–Kier alpha value is -1.00. The molecule has 1 aromatic rings. The van der Waals surface area contributed by atoms with Crippen molar-refractivity contribution < 1.29 is 13.5 Å². The largest absolute Gasteiger partial charge is 0.373 e. The maximum absolute atomic E-state index is 12.5. The zero-order chi connectivity index (χ0) is 20.5. The number of halogens is 3. The maximum atomic E-state index is 12.5. The highest BCUT2D eigenvalue weighted by Gasteiger charge is 2.22. The highest BCUT2D eigenvalue weighted by molar-refractivity contribution is 14.0. The topological polar surface area (TPSA) is 48.9 Å². The summed E-state index contributed by atoms with van der Waals surface area (Å²) < 4.78 is 31.1. The number of hydrogen-bond acceptors (Lipinski definition) is 3. The van der Waals surface area contributed by atoms with Crippen LogP contribution in [0.25, 0.3) is 0 Å². The predicted molar refractivity (Wildman–Crippen MR) is 128 cm³/mol. The molecule has 8 heteroatoms. The number of guanidine groups is 1. The van der Waals surface area contributed by atoms with Gasteiger partial charge in [0, 0.05) is 39.3 Å². The Morgan fingerprint density at radius 1 is 1.23 bits per heavy atom. The first kappa shape index (κ1) is 25.3. The van der Waals surface area contributed by atoms with Crippen LogP contribution < -0.4 is 10.6 Å². The Morgan fingerprint density at radius 2 is 2.00 bits per heavy atom. The summed E-state index contributed by atoms with van der Waals surface area (Å²) in [6.45, 7) is 2.80. The molecule has 0 aromatic heterocycles. The number of rotatable bonds is 8. The molecule has 2 aliphatic rings. The van der Waals surface area contributed by atoms with Gasteiger partial charge in [-0.3, -0.25) is 9.89 Å². The van der Waals surface area contributed by atoms with Crippen molar-refractivity contribution in [3.05, 3.63) is 35.4 Å². The lowest BCUT2D eigenvalue weighted by Crippen LogP contribution is -2.49. The fraction of sp³-hybridized carbons (Fsp3) is 0.682. The molecule has 1 atom stereocenters. The number of nitrogens with zero attached hydrogens (tertiary/aromatic N) is 2.